The number of thiocarbonyl (C=S) groups is 1. The van der Waals surface area contributed by atoms with E-state index in [1.54, 1.807) is 11.8 Å². The van der Waals surface area contributed by atoms with E-state index in [-0.39, 0.29) is 0 Å². The summed E-state index contributed by atoms with van der Waals surface area (Å²) in [6.45, 7) is 5.79. The van der Waals surface area contributed by atoms with Crippen LogP contribution in [0.3, 0.4) is 0 Å². The normalized spacial score (nSPS) is 9.10. The summed E-state index contributed by atoms with van der Waals surface area (Å²) < 4.78 is 0.919. The van der Waals surface area contributed by atoms with E-state index < -0.39 is 0 Å². The topological polar surface area (TPSA) is 3.24 Å². The van der Waals surface area contributed by atoms with Crippen molar-refractivity contribution in [2.24, 2.45) is 0 Å². The quantitative estimate of drug-likeness (QED) is 0.467. The van der Waals surface area contributed by atoms with Gasteiger partial charge in [-0.25, -0.2) is 0 Å². The molecule has 0 N–H and O–H groups in total. The predicted molar refractivity (Wildman–Crippen MR) is 53.6 cm³/mol. The van der Waals surface area contributed by atoms with Crippen molar-refractivity contribution >= 4 is 28.3 Å². The second-order valence-electron chi connectivity index (χ2n) is 2.41. The first-order valence-corrected chi connectivity index (χ1v) is 4.42. The Morgan fingerprint density at radius 1 is 1.60 bits per heavy atom. The van der Waals surface area contributed by atoms with Gasteiger partial charge in [0.1, 0.15) is 4.32 Å². The Kier molecular flexibility index (Phi) is 4.73. The average Bonchev–Trinajstić information content (AvgIpc) is 1.82. The van der Waals surface area contributed by atoms with Crippen molar-refractivity contribution in [1.29, 1.82) is 0 Å². The van der Waals surface area contributed by atoms with Gasteiger partial charge < -0.3 is 4.90 Å². The van der Waals surface area contributed by atoms with Crippen molar-refractivity contribution in [2.75, 3.05) is 19.8 Å². The van der Waals surface area contributed by atoms with Crippen molar-refractivity contribution in [2.45, 2.75) is 6.92 Å². The van der Waals surface area contributed by atoms with E-state index in [9.17, 15) is 0 Å². The van der Waals surface area contributed by atoms with Gasteiger partial charge in [0.2, 0.25) is 0 Å². The van der Waals surface area contributed by atoms with Gasteiger partial charge in [-0.15, -0.1) is 0 Å². The van der Waals surface area contributed by atoms with Crippen LogP contribution in [0.15, 0.2) is 12.2 Å². The first kappa shape index (κ1) is 9.98. The summed E-state index contributed by atoms with van der Waals surface area (Å²) in [5, 5.41) is 0. The summed E-state index contributed by atoms with van der Waals surface area (Å²) in [6, 6.07) is 0. The van der Waals surface area contributed by atoms with Crippen LogP contribution in [0.5, 0.6) is 0 Å². The minimum Gasteiger partial charge on any atom is -0.364 e. The lowest BCUT2D eigenvalue weighted by atomic mass is 10.4. The molecule has 0 bridgehead atoms. The Morgan fingerprint density at radius 2 is 2.10 bits per heavy atom. The largest absolute Gasteiger partial charge is 0.364 e. The van der Waals surface area contributed by atoms with E-state index in [0.717, 1.165) is 15.6 Å². The molecule has 0 unspecified atom stereocenters. The Balaban J connectivity index is 3.50. The Labute approximate surface area is 72.5 Å². The molecule has 0 atom stereocenters. The molecule has 0 saturated carbocycles. The van der Waals surface area contributed by atoms with E-state index in [0.29, 0.717) is 0 Å². The highest BCUT2D eigenvalue weighted by Crippen LogP contribution is 2.09. The molecule has 10 heavy (non-hydrogen) atoms. The Hall–Kier alpha value is -0.0200. The molecule has 0 spiro atoms. The molecule has 0 aliphatic heterocycles. The molecule has 0 aromatic carbocycles. The highest BCUT2D eigenvalue weighted by atomic mass is 32.2. The first-order valence-electron chi connectivity index (χ1n) is 3.02. The van der Waals surface area contributed by atoms with Crippen molar-refractivity contribution in [3.8, 4) is 0 Å². The van der Waals surface area contributed by atoms with Crippen LogP contribution in [0.1, 0.15) is 6.92 Å². The van der Waals surface area contributed by atoms with Gasteiger partial charge in [-0.05, 0) is 6.92 Å². The molecule has 0 amide bonds. The van der Waals surface area contributed by atoms with Gasteiger partial charge in [0.15, 0.2) is 0 Å². The highest BCUT2D eigenvalue weighted by molar-refractivity contribution is 8.23. The summed E-state index contributed by atoms with van der Waals surface area (Å²) in [7, 11) is 3.90. The molecule has 0 heterocycles. The fourth-order valence-electron chi connectivity index (χ4n) is 0.314. The zero-order valence-corrected chi connectivity index (χ0v) is 8.31. The fourth-order valence-corrected chi connectivity index (χ4v) is 1.12. The maximum atomic E-state index is 5.04. The second kappa shape index (κ2) is 4.74. The molecule has 0 radical (unpaired) electrons. The van der Waals surface area contributed by atoms with Crippen LogP contribution in [0, 0.1) is 0 Å². The molecular formula is C7H13NS2. The van der Waals surface area contributed by atoms with Crippen LogP contribution >= 0.6 is 24.0 Å². The summed E-state index contributed by atoms with van der Waals surface area (Å²) in [6.07, 6.45) is 0. The van der Waals surface area contributed by atoms with Crippen LogP contribution in [0.4, 0.5) is 0 Å². The van der Waals surface area contributed by atoms with Crippen molar-refractivity contribution in [3.63, 3.8) is 0 Å². The molecule has 0 saturated heterocycles. The highest BCUT2D eigenvalue weighted by Gasteiger charge is 1.97. The van der Waals surface area contributed by atoms with Crippen molar-refractivity contribution < 1.29 is 0 Å². The second-order valence-corrected chi connectivity index (χ2v) is 4.02. The summed E-state index contributed by atoms with van der Waals surface area (Å²) >= 11 is 6.69. The van der Waals surface area contributed by atoms with Crippen LogP contribution in [-0.4, -0.2) is 29.1 Å². The monoisotopic (exact) mass is 175 g/mol. The zero-order chi connectivity index (χ0) is 8.15. The third-order valence-electron chi connectivity index (χ3n) is 0.807. The Morgan fingerprint density at radius 3 is 2.40 bits per heavy atom. The first-order chi connectivity index (χ1) is 4.54. The maximum Gasteiger partial charge on any atom is 0.136 e. The van der Waals surface area contributed by atoms with Gasteiger partial charge in [0.05, 0.1) is 0 Å². The average molecular weight is 175 g/mol. The molecule has 0 aliphatic rings. The summed E-state index contributed by atoms with van der Waals surface area (Å²) in [4.78, 5) is 1.93. The third kappa shape index (κ3) is 4.82. The molecule has 0 aromatic heterocycles. The number of thioether (sulfide) groups is 1. The minimum atomic E-state index is 0.919. The van der Waals surface area contributed by atoms with E-state index >= 15 is 0 Å². The van der Waals surface area contributed by atoms with Gasteiger partial charge in [0, 0.05) is 19.8 Å². The number of nitrogens with zero attached hydrogens (tertiary/aromatic N) is 1. The fraction of sp³-hybridized carbons (Fsp3) is 0.571. The van der Waals surface area contributed by atoms with Crippen LogP contribution in [0.2, 0.25) is 0 Å². The zero-order valence-electron chi connectivity index (χ0n) is 6.68. The van der Waals surface area contributed by atoms with Crippen LogP contribution in [-0.2, 0) is 0 Å². The van der Waals surface area contributed by atoms with E-state index in [1.165, 1.54) is 0 Å². The van der Waals surface area contributed by atoms with Crippen LogP contribution in [0.25, 0.3) is 0 Å². The van der Waals surface area contributed by atoms with E-state index in [1.807, 2.05) is 25.9 Å². The van der Waals surface area contributed by atoms with Gasteiger partial charge >= 0.3 is 0 Å². The number of hydrogen-bond donors (Lipinski definition) is 0. The van der Waals surface area contributed by atoms with Crippen molar-refractivity contribution in [1.82, 2.24) is 4.90 Å². The third-order valence-corrected chi connectivity index (χ3v) is 2.78. The molecule has 3 heteroatoms. The van der Waals surface area contributed by atoms with Gasteiger partial charge in [0.25, 0.3) is 0 Å². The lowest BCUT2D eigenvalue weighted by molar-refractivity contribution is 0.648. The molecule has 0 rings (SSSR count). The lowest BCUT2D eigenvalue weighted by Gasteiger charge is -2.11. The molecule has 0 aromatic rings. The Bertz CT molecular complexity index is 141. The summed E-state index contributed by atoms with van der Waals surface area (Å²) in [5.74, 6) is 0.928. The minimum absolute atomic E-state index is 0.919. The molecule has 0 aliphatic carbocycles. The van der Waals surface area contributed by atoms with Gasteiger partial charge in [-0.3, -0.25) is 0 Å². The van der Waals surface area contributed by atoms with Gasteiger partial charge in [-0.1, -0.05) is 36.1 Å². The maximum absolute atomic E-state index is 5.04. The van der Waals surface area contributed by atoms with Crippen LogP contribution < -0.4 is 0 Å². The standard InChI is InChI=1S/C7H13NS2/c1-6(2)5-10-7(9)8(3)4/h1,5H2,2-4H3. The number of rotatable bonds is 2. The SMILES string of the molecule is C=C(C)CSC(=S)N(C)C. The van der Waals surface area contributed by atoms with E-state index in [2.05, 4.69) is 6.58 Å². The summed E-state index contributed by atoms with van der Waals surface area (Å²) in [5.41, 5.74) is 1.16. The molecule has 1 nitrogen and oxygen atoms in total. The van der Waals surface area contributed by atoms with Crippen molar-refractivity contribution in [3.05, 3.63) is 12.2 Å². The van der Waals surface area contributed by atoms with Gasteiger partial charge in [-0.2, -0.15) is 0 Å². The number of hydrogen-bond acceptors (Lipinski definition) is 2. The molecular weight excluding hydrogens is 162 g/mol. The van der Waals surface area contributed by atoms with E-state index in [4.69, 9.17) is 12.2 Å². The molecule has 58 valence electrons. The predicted octanol–water partition coefficient (Wildman–Crippen LogP) is 2.14. The lowest BCUT2D eigenvalue weighted by Crippen LogP contribution is -2.16. The smallest absolute Gasteiger partial charge is 0.136 e. The molecule has 0 fully saturated rings.